The Balaban J connectivity index is 1.49. The summed E-state index contributed by atoms with van der Waals surface area (Å²) in [6.07, 6.45) is 1.64. The monoisotopic (exact) mass is 358 g/mol. The fraction of sp³-hybridized carbons (Fsp3) is 0.118. The number of para-hydroxylation sites is 1. The van der Waals surface area contributed by atoms with E-state index >= 15 is 0 Å². The molecule has 122 valence electrons. The number of nitrogens with one attached hydrogen (secondary N) is 1. The number of aromatic nitrogens is 3. The van der Waals surface area contributed by atoms with Gasteiger partial charge in [-0.2, -0.15) is 0 Å². The Bertz CT molecular complexity index is 822. The summed E-state index contributed by atoms with van der Waals surface area (Å²) in [5, 5.41) is 8.43. The molecule has 0 aliphatic rings. The second-order valence-electron chi connectivity index (χ2n) is 5.00. The van der Waals surface area contributed by atoms with Crippen LogP contribution in [0, 0.1) is 0 Å². The molecule has 1 N–H and O–H groups in total. The Morgan fingerprint density at radius 2 is 2.00 bits per heavy atom. The van der Waals surface area contributed by atoms with Crippen molar-refractivity contribution in [2.24, 2.45) is 0 Å². The third kappa shape index (κ3) is 4.59. The first-order valence-corrected chi connectivity index (χ1v) is 8.68. The van der Waals surface area contributed by atoms with Crippen LogP contribution >= 0.6 is 23.4 Å². The smallest absolute Gasteiger partial charge is 0.230 e. The van der Waals surface area contributed by atoms with Crippen LogP contribution in [-0.4, -0.2) is 26.4 Å². The lowest BCUT2D eigenvalue weighted by Gasteiger charge is -2.04. The van der Waals surface area contributed by atoms with Crippen molar-refractivity contribution in [2.75, 3.05) is 5.75 Å². The van der Waals surface area contributed by atoms with E-state index in [0.717, 1.165) is 11.3 Å². The van der Waals surface area contributed by atoms with Crippen molar-refractivity contribution in [3.63, 3.8) is 0 Å². The van der Waals surface area contributed by atoms with E-state index in [1.54, 1.807) is 17.1 Å². The normalized spacial score (nSPS) is 10.5. The van der Waals surface area contributed by atoms with Gasteiger partial charge in [0, 0.05) is 11.6 Å². The second kappa shape index (κ2) is 7.99. The van der Waals surface area contributed by atoms with Crippen molar-refractivity contribution < 1.29 is 4.79 Å². The summed E-state index contributed by atoms with van der Waals surface area (Å²) < 4.78 is 1.69. The maximum atomic E-state index is 11.9. The number of halogens is 1. The van der Waals surface area contributed by atoms with Gasteiger partial charge in [-0.1, -0.05) is 53.7 Å². The lowest BCUT2D eigenvalue weighted by atomic mass is 10.2. The highest BCUT2D eigenvalue weighted by Gasteiger charge is 2.07. The molecule has 0 fully saturated rings. The SMILES string of the molecule is O=C(CSc1ncn(-c2ccccc2)n1)NCc1cccc(Cl)c1. The molecule has 0 saturated heterocycles. The molecule has 3 aromatic rings. The summed E-state index contributed by atoms with van der Waals surface area (Å²) in [5.41, 5.74) is 1.90. The molecule has 1 aromatic heterocycles. The van der Waals surface area contributed by atoms with Crippen molar-refractivity contribution in [3.05, 3.63) is 71.5 Å². The van der Waals surface area contributed by atoms with Gasteiger partial charge in [-0.05, 0) is 29.8 Å². The summed E-state index contributed by atoms with van der Waals surface area (Å²) in [6.45, 7) is 0.450. The van der Waals surface area contributed by atoms with Gasteiger partial charge >= 0.3 is 0 Å². The zero-order valence-corrected chi connectivity index (χ0v) is 14.3. The summed E-state index contributed by atoms with van der Waals surface area (Å²) in [6, 6.07) is 17.1. The fourth-order valence-electron chi connectivity index (χ4n) is 2.05. The van der Waals surface area contributed by atoms with E-state index in [4.69, 9.17) is 11.6 Å². The van der Waals surface area contributed by atoms with Crippen LogP contribution in [0.15, 0.2) is 66.1 Å². The molecule has 1 amide bonds. The number of carbonyl (C=O) groups excluding carboxylic acids is 1. The van der Waals surface area contributed by atoms with Gasteiger partial charge in [-0.15, -0.1) is 5.10 Å². The van der Waals surface area contributed by atoms with Crippen LogP contribution < -0.4 is 5.32 Å². The summed E-state index contributed by atoms with van der Waals surface area (Å²) in [7, 11) is 0. The number of carbonyl (C=O) groups is 1. The second-order valence-corrected chi connectivity index (χ2v) is 6.38. The van der Waals surface area contributed by atoms with Gasteiger partial charge in [0.1, 0.15) is 6.33 Å². The molecule has 0 aliphatic heterocycles. The van der Waals surface area contributed by atoms with E-state index in [1.807, 2.05) is 48.5 Å². The third-order valence-corrected chi connectivity index (χ3v) is 4.29. The van der Waals surface area contributed by atoms with Crippen LogP contribution in [0.25, 0.3) is 5.69 Å². The van der Waals surface area contributed by atoms with Crippen LogP contribution in [0.1, 0.15) is 5.56 Å². The number of hydrogen-bond donors (Lipinski definition) is 1. The largest absolute Gasteiger partial charge is 0.351 e. The minimum Gasteiger partial charge on any atom is -0.351 e. The van der Waals surface area contributed by atoms with Crippen LogP contribution in [0.4, 0.5) is 0 Å². The van der Waals surface area contributed by atoms with Crippen LogP contribution in [0.2, 0.25) is 5.02 Å². The first kappa shape index (κ1) is 16.5. The molecule has 0 spiro atoms. The van der Waals surface area contributed by atoms with E-state index in [2.05, 4.69) is 15.4 Å². The number of amides is 1. The van der Waals surface area contributed by atoms with Crippen LogP contribution in [0.5, 0.6) is 0 Å². The quantitative estimate of drug-likeness (QED) is 0.687. The Hall–Kier alpha value is -2.31. The molecule has 0 bridgehead atoms. The van der Waals surface area contributed by atoms with Crippen molar-refractivity contribution in [1.82, 2.24) is 20.1 Å². The summed E-state index contributed by atoms with van der Waals surface area (Å²) in [5.74, 6) is 0.190. The van der Waals surface area contributed by atoms with E-state index in [-0.39, 0.29) is 11.7 Å². The number of hydrogen-bond acceptors (Lipinski definition) is 4. The first-order chi connectivity index (χ1) is 11.7. The first-order valence-electron chi connectivity index (χ1n) is 7.32. The molecular formula is C17H15ClN4OS. The van der Waals surface area contributed by atoms with E-state index in [9.17, 15) is 4.79 Å². The molecule has 0 aliphatic carbocycles. The molecule has 24 heavy (non-hydrogen) atoms. The Kier molecular flexibility index (Phi) is 5.51. The molecular weight excluding hydrogens is 344 g/mol. The van der Waals surface area contributed by atoms with Gasteiger partial charge < -0.3 is 5.32 Å². The lowest BCUT2D eigenvalue weighted by Crippen LogP contribution is -2.24. The van der Waals surface area contributed by atoms with Crippen molar-refractivity contribution in [2.45, 2.75) is 11.7 Å². The minimum absolute atomic E-state index is 0.0731. The van der Waals surface area contributed by atoms with Gasteiger partial charge in [-0.25, -0.2) is 9.67 Å². The average molecular weight is 359 g/mol. The van der Waals surface area contributed by atoms with Crippen molar-refractivity contribution in [1.29, 1.82) is 0 Å². The highest BCUT2D eigenvalue weighted by atomic mass is 35.5. The van der Waals surface area contributed by atoms with Gasteiger partial charge in [-0.3, -0.25) is 4.79 Å². The Labute approximate surface area is 149 Å². The summed E-state index contributed by atoms with van der Waals surface area (Å²) >= 11 is 7.22. The molecule has 7 heteroatoms. The molecule has 2 aromatic carbocycles. The maximum absolute atomic E-state index is 11.9. The van der Waals surface area contributed by atoms with Crippen molar-refractivity contribution in [3.8, 4) is 5.69 Å². The van der Waals surface area contributed by atoms with Gasteiger partial charge in [0.15, 0.2) is 0 Å². The fourth-order valence-corrected chi connectivity index (χ4v) is 2.89. The summed E-state index contributed by atoms with van der Waals surface area (Å²) in [4.78, 5) is 16.1. The number of benzene rings is 2. The minimum atomic E-state index is -0.0731. The molecule has 1 heterocycles. The molecule has 0 unspecified atom stereocenters. The van der Waals surface area contributed by atoms with E-state index in [1.165, 1.54) is 11.8 Å². The van der Waals surface area contributed by atoms with Crippen LogP contribution in [-0.2, 0) is 11.3 Å². The predicted molar refractivity (Wildman–Crippen MR) is 95.4 cm³/mol. The number of rotatable bonds is 6. The van der Waals surface area contributed by atoms with Gasteiger partial charge in [0.25, 0.3) is 0 Å². The molecule has 0 radical (unpaired) electrons. The highest BCUT2D eigenvalue weighted by Crippen LogP contribution is 2.14. The standard InChI is InChI=1S/C17H15ClN4OS/c18-14-6-4-5-13(9-14)10-19-16(23)11-24-17-20-12-22(21-17)15-7-2-1-3-8-15/h1-9,12H,10-11H2,(H,19,23). The van der Waals surface area contributed by atoms with Crippen LogP contribution in [0.3, 0.4) is 0 Å². The highest BCUT2D eigenvalue weighted by molar-refractivity contribution is 7.99. The Morgan fingerprint density at radius 1 is 1.17 bits per heavy atom. The maximum Gasteiger partial charge on any atom is 0.230 e. The zero-order chi connectivity index (χ0) is 16.8. The molecule has 0 atom stereocenters. The third-order valence-electron chi connectivity index (χ3n) is 3.20. The zero-order valence-electron chi connectivity index (χ0n) is 12.7. The topological polar surface area (TPSA) is 59.8 Å². The molecule has 3 rings (SSSR count). The van der Waals surface area contributed by atoms with Crippen molar-refractivity contribution >= 4 is 29.3 Å². The Morgan fingerprint density at radius 3 is 2.79 bits per heavy atom. The molecule has 0 saturated carbocycles. The number of thioether (sulfide) groups is 1. The van der Waals surface area contributed by atoms with E-state index < -0.39 is 0 Å². The van der Waals surface area contributed by atoms with Gasteiger partial charge in [0.2, 0.25) is 11.1 Å². The predicted octanol–water partition coefficient (Wildman–Crippen LogP) is 3.33. The van der Waals surface area contributed by atoms with E-state index in [0.29, 0.717) is 16.7 Å². The molecule has 5 nitrogen and oxygen atoms in total. The lowest BCUT2D eigenvalue weighted by molar-refractivity contribution is -0.118. The number of nitrogens with zero attached hydrogens (tertiary/aromatic N) is 3. The van der Waals surface area contributed by atoms with Gasteiger partial charge in [0.05, 0.1) is 11.4 Å². The average Bonchev–Trinajstić information content (AvgIpc) is 3.08.